The van der Waals surface area contributed by atoms with Crippen molar-refractivity contribution in [2.45, 2.75) is 64.7 Å². The molecule has 9 heteroatoms. The van der Waals surface area contributed by atoms with Gasteiger partial charge >= 0.3 is 5.97 Å². The third-order valence-electron chi connectivity index (χ3n) is 6.34. The standard InChI is InChI=1S/C22H26F3N3O3/c1-10(2)28-11(3)7-26(8-12(28)4)20-17(24)16(23)15-19(18(20)25)27(13-5-6-13)9-14(21(15)29)22(30)31/h9-13H,5-8H2,1-4H3,(H,30,31). The second-order valence-electron chi connectivity index (χ2n) is 8.97. The van der Waals surface area contributed by atoms with E-state index in [2.05, 4.69) is 4.90 Å². The number of hydrogen-bond acceptors (Lipinski definition) is 4. The molecule has 0 spiro atoms. The minimum atomic E-state index is -1.56. The van der Waals surface area contributed by atoms with Gasteiger partial charge in [-0.3, -0.25) is 9.69 Å². The summed E-state index contributed by atoms with van der Waals surface area (Å²) in [7, 11) is 0. The van der Waals surface area contributed by atoms with Crippen molar-refractivity contribution in [1.82, 2.24) is 9.47 Å². The first-order valence-corrected chi connectivity index (χ1v) is 10.6. The number of aromatic carboxylic acids is 1. The van der Waals surface area contributed by atoms with E-state index in [0.717, 1.165) is 6.20 Å². The molecule has 1 saturated carbocycles. The van der Waals surface area contributed by atoms with E-state index in [1.807, 2.05) is 27.7 Å². The molecule has 1 aromatic heterocycles. The van der Waals surface area contributed by atoms with Crippen LogP contribution < -0.4 is 10.3 Å². The monoisotopic (exact) mass is 437 g/mol. The van der Waals surface area contributed by atoms with Crippen molar-refractivity contribution in [2.75, 3.05) is 18.0 Å². The first-order chi connectivity index (χ1) is 14.5. The van der Waals surface area contributed by atoms with Crippen LogP contribution in [0.15, 0.2) is 11.0 Å². The van der Waals surface area contributed by atoms with Gasteiger partial charge in [0.15, 0.2) is 17.5 Å². The van der Waals surface area contributed by atoms with E-state index < -0.39 is 45.5 Å². The van der Waals surface area contributed by atoms with Gasteiger partial charge in [0.2, 0.25) is 5.43 Å². The lowest BCUT2D eigenvalue weighted by Crippen LogP contribution is -2.59. The van der Waals surface area contributed by atoms with Gasteiger partial charge in [0.1, 0.15) is 11.3 Å². The topological polar surface area (TPSA) is 65.8 Å². The molecule has 1 aromatic carbocycles. The van der Waals surface area contributed by atoms with Crippen molar-refractivity contribution in [3.05, 3.63) is 39.4 Å². The number of halogens is 3. The first kappa shape index (κ1) is 21.7. The summed E-state index contributed by atoms with van der Waals surface area (Å²) < 4.78 is 47.4. The molecule has 4 rings (SSSR count). The molecule has 1 N–H and O–H groups in total. The molecule has 2 heterocycles. The molecule has 168 valence electrons. The number of hydrogen-bond donors (Lipinski definition) is 1. The smallest absolute Gasteiger partial charge is 0.341 e. The maximum Gasteiger partial charge on any atom is 0.341 e. The SMILES string of the molecule is CC(C)N1C(C)CN(c2c(F)c(F)c3c(=O)c(C(=O)O)cn(C4CC4)c3c2F)CC1C. The Hall–Kier alpha value is -2.55. The normalized spacial score (nSPS) is 22.5. The zero-order valence-corrected chi connectivity index (χ0v) is 18.0. The van der Waals surface area contributed by atoms with Gasteiger partial charge < -0.3 is 14.6 Å². The number of fused-ring (bicyclic) bond motifs is 1. The lowest BCUT2D eigenvalue weighted by molar-refractivity contribution is 0.0694. The fourth-order valence-corrected chi connectivity index (χ4v) is 5.09. The quantitative estimate of drug-likeness (QED) is 0.738. The average molecular weight is 437 g/mol. The molecule has 31 heavy (non-hydrogen) atoms. The Kier molecular flexibility index (Phi) is 5.28. The fraction of sp³-hybridized carbons (Fsp3) is 0.545. The number of nitrogens with zero attached hydrogens (tertiary/aromatic N) is 3. The molecule has 2 fully saturated rings. The second kappa shape index (κ2) is 7.55. The molecule has 2 atom stereocenters. The van der Waals surface area contributed by atoms with Crippen LogP contribution in [0.3, 0.4) is 0 Å². The Morgan fingerprint density at radius 3 is 2.13 bits per heavy atom. The van der Waals surface area contributed by atoms with E-state index in [9.17, 15) is 14.7 Å². The number of carbonyl (C=O) groups is 1. The van der Waals surface area contributed by atoms with Crippen LogP contribution in [0.1, 0.15) is 56.9 Å². The minimum absolute atomic E-state index is 0.0266. The number of benzene rings is 1. The number of piperazine rings is 1. The Bertz CT molecular complexity index is 1110. The zero-order chi connectivity index (χ0) is 22.8. The van der Waals surface area contributed by atoms with Crippen LogP contribution >= 0.6 is 0 Å². The van der Waals surface area contributed by atoms with E-state index in [4.69, 9.17) is 0 Å². The Morgan fingerprint density at radius 1 is 1.06 bits per heavy atom. The summed E-state index contributed by atoms with van der Waals surface area (Å²) in [4.78, 5) is 27.8. The molecule has 0 amide bonds. The molecule has 0 bridgehead atoms. The van der Waals surface area contributed by atoms with E-state index in [-0.39, 0.29) is 29.7 Å². The van der Waals surface area contributed by atoms with Gasteiger partial charge in [0.05, 0.1) is 10.9 Å². The Balaban J connectivity index is 1.95. The molecule has 2 aliphatic rings. The van der Waals surface area contributed by atoms with Crippen LogP contribution in [-0.2, 0) is 0 Å². The van der Waals surface area contributed by atoms with Gasteiger partial charge in [0, 0.05) is 43.5 Å². The summed E-state index contributed by atoms with van der Waals surface area (Å²) in [6.07, 6.45) is 2.34. The van der Waals surface area contributed by atoms with E-state index in [1.165, 1.54) is 9.47 Å². The van der Waals surface area contributed by atoms with Crippen molar-refractivity contribution < 1.29 is 23.1 Å². The van der Waals surface area contributed by atoms with Gasteiger partial charge in [-0.1, -0.05) is 0 Å². The van der Waals surface area contributed by atoms with E-state index in [0.29, 0.717) is 25.9 Å². The zero-order valence-electron chi connectivity index (χ0n) is 18.0. The number of aromatic nitrogens is 1. The van der Waals surface area contributed by atoms with Crippen LogP contribution in [0.2, 0.25) is 0 Å². The highest BCUT2D eigenvalue weighted by atomic mass is 19.2. The highest BCUT2D eigenvalue weighted by molar-refractivity contribution is 5.94. The molecule has 1 saturated heterocycles. The summed E-state index contributed by atoms with van der Waals surface area (Å²) in [6, 6.07) is -0.0589. The fourth-order valence-electron chi connectivity index (χ4n) is 5.09. The van der Waals surface area contributed by atoms with Crippen LogP contribution in [0.25, 0.3) is 10.9 Å². The molecule has 1 aliphatic carbocycles. The molecule has 1 aliphatic heterocycles. The van der Waals surface area contributed by atoms with Crippen LogP contribution in [0.5, 0.6) is 0 Å². The minimum Gasteiger partial charge on any atom is -0.477 e. The third-order valence-corrected chi connectivity index (χ3v) is 6.34. The summed E-state index contributed by atoms with van der Waals surface area (Å²) in [5.74, 6) is -5.53. The predicted molar refractivity (Wildman–Crippen MR) is 111 cm³/mol. The van der Waals surface area contributed by atoms with Gasteiger partial charge in [-0.2, -0.15) is 0 Å². The number of carboxylic acids is 1. The largest absolute Gasteiger partial charge is 0.477 e. The van der Waals surface area contributed by atoms with Crippen molar-refractivity contribution in [2.24, 2.45) is 0 Å². The lowest BCUT2D eigenvalue weighted by atomic mass is 10.0. The average Bonchev–Trinajstić information content (AvgIpc) is 3.50. The molecule has 2 unspecified atom stereocenters. The first-order valence-electron chi connectivity index (χ1n) is 10.6. The number of rotatable bonds is 4. The number of anilines is 1. The molecule has 6 nitrogen and oxygen atoms in total. The lowest BCUT2D eigenvalue weighted by Gasteiger charge is -2.47. The van der Waals surface area contributed by atoms with Gasteiger partial charge in [-0.05, 0) is 40.5 Å². The van der Waals surface area contributed by atoms with Gasteiger partial charge in [-0.25, -0.2) is 18.0 Å². The van der Waals surface area contributed by atoms with Gasteiger partial charge in [-0.15, -0.1) is 0 Å². The Morgan fingerprint density at radius 2 is 1.65 bits per heavy atom. The van der Waals surface area contributed by atoms with Crippen molar-refractivity contribution >= 4 is 22.6 Å². The predicted octanol–water partition coefficient (Wildman–Crippen LogP) is 3.76. The second-order valence-corrected chi connectivity index (χ2v) is 8.97. The highest BCUT2D eigenvalue weighted by Gasteiger charge is 2.37. The molecule has 0 radical (unpaired) electrons. The maximum atomic E-state index is 15.8. The van der Waals surface area contributed by atoms with E-state index in [1.54, 1.807) is 0 Å². The highest BCUT2D eigenvalue weighted by Crippen LogP contribution is 2.41. The van der Waals surface area contributed by atoms with Crippen LogP contribution in [0, 0.1) is 17.5 Å². The van der Waals surface area contributed by atoms with E-state index >= 15 is 13.2 Å². The number of carboxylic acid groups (broad SMARTS) is 1. The summed E-state index contributed by atoms with van der Waals surface area (Å²) >= 11 is 0. The van der Waals surface area contributed by atoms with Crippen molar-refractivity contribution in [1.29, 1.82) is 0 Å². The van der Waals surface area contributed by atoms with Gasteiger partial charge in [0.25, 0.3) is 0 Å². The molecular weight excluding hydrogens is 411 g/mol. The summed E-state index contributed by atoms with van der Waals surface area (Å²) in [5, 5.41) is 8.49. The van der Waals surface area contributed by atoms with Crippen LogP contribution in [-0.4, -0.2) is 51.8 Å². The third kappa shape index (κ3) is 3.39. The number of pyridine rings is 1. The molecule has 2 aromatic rings. The summed E-state index contributed by atoms with van der Waals surface area (Å²) in [5.41, 5.74) is -2.77. The van der Waals surface area contributed by atoms with Crippen molar-refractivity contribution in [3.8, 4) is 0 Å². The molecular formula is C22H26F3N3O3. The Labute approximate surface area is 177 Å². The van der Waals surface area contributed by atoms with Crippen LogP contribution in [0.4, 0.5) is 18.9 Å². The maximum absolute atomic E-state index is 15.8. The van der Waals surface area contributed by atoms with Crippen molar-refractivity contribution in [3.63, 3.8) is 0 Å². The summed E-state index contributed by atoms with van der Waals surface area (Å²) in [6.45, 7) is 8.59.